The number of nitrogens with one attached hydrogen (secondary N) is 1. The monoisotopic (exact) mass is 420 g/mol. The van der Waals surface area contributed by atoms with E-state index in [0.717, 1.165) is 11.3 Å². The van der Waals surface area contributed by atoms with E-state index in [0.29, 0.717) is 35.7 Å². The van der Waals surface area contributed by atoms with E-state index < -0.39 is 0 Å². The van der Waals surface area contributed by atoms with Crippen molar-refractivity contribution in [3.8, 4) is 11.4 Å². The smallest absolute Gasteiger partial charge is 0.233 e. The van der Waals surface area contributed by atoms with Crippen LogP contribution in [0.4, 0.5) is 0 Å². The molecule has 0 unspecified atom stereocenters. The molecule has 3 rings (SSSR count). The molecule has 2 aromatic heterocycles. The molecule has 0 aliphatic heterocycles. The molecule has 1 amide bonds. The number of furan rings is 1. The minimum absolute atomic E-state index is 0.0809. The van der Waals surface area contributed by atoms with Crippen LogP contribution in [0.5, 0.6) is 0 Å². The van der Waals surface area contributed by atoms with Crippen LogP contribution < -0.4 is 5.32 Å². The highest BCUT2D eigenvalue weighted by atomic mass is 35.5. The first kappa shape index (κ1) is 20.4. The van der Waals surface area contributed by atoms with Gasteiger partial charge in [0, 0.05) is 24.2 Å². The van der Waals surface area contributed by atoms with Crippen molar-refractivity contribution in [3.63, 3.8) is 0 Å². The minimum atomic E-state index is -0.338. The molecule has 0 aliphatic carbocycles. The molecule has 7 nitrogen and oxygen atoms in total. The van der Waals surface area contributed by atoms with Crippen molar-refractivity contribution in [1.29, 1.82) is 0 Å². The highest BCUT2D eigenvalue weighted by molar-refractivity contribution is 8.00. The summed E-state index contributed by atoms with van der Waals surface area (Å²) >= 11 is 7.35. The van der Waals surface area contributed by atoms with Crippen molar-refractivity contribution >= 4 is 29.3 Å². The Balaban J connectivity index is 1.84. The molecule has 0 spiro atoms. The van der Waals surface area contributed by atoms with E-state index in [1.165, 1.54) is 11.8 Å². The summed E-state index contributed by atoms with van der Waals surface area (Å²) in [4.78, 5) is 12.3. The van der Waals surface area contributed by atoms with Crippen LogP contribution in [-0.4, -0.2) is 46.2 Å². The fourth-order valence-electron chi connectivity index (χ4n) is 2.52. The zero-order valence-electron chi connectivity index (χ0n) is 15.6. The predicted octanol–water partition coefficient (Wildman–Crippen LogP) is 3.48. The highest BCUT2D eigenvalue weighted by Crippen LogP contribution is 2.28. The van der Waals surface area contributed by atoms with Crippen LogP contribution in [0.2, 0.25) is 5.02 Å². The Kier molecular flexibility index (Phi) is 7.13. The second-order valence-corrected chi connectivity index (χ2v) is 7.77. The third kappa shape index (κ3) is 5.15. The van der Waals surface area contributed by atoms with Gasteiger partial charge in [0.2, 0.25) is 5.91 Å². The number of nitrogens with zero attached hydrogens (tertiary/aromatic N) is 3. The van der Waals surface area contributed by atoms with E-state index in [1.807, 2.05) is 47.9 Å². The third-order valence-electron chi connectivity index (χ3n) is 3.97. The van der Waals surface area contributed by atoms with Crippen LogP contribution in [0.25, 0.3) is 11.4 Å². The van der Waals surface area contributed by atoms with Crippen molar-refractivity contribution in [2.75, 3.05) is 20.3 Å². The maximum Gasteiger partial charge on any atom is 0.233 e. The summed E-state index contributed by atoms with van der Waals surface area (Å²) in [7, 11) is 1.60. The molecule has 28 heavy (non-hydrogen) atoms. The number of thioether (sulfide) groups is 1. The zero-order valence-corrected chi connectivity index (χ0v) is 17.2. The maximum atomic E-state index is 12.3. The van der Waals surface area contributed by atoms with E-state index in [4.69, 9.17) is 20.8 Å². The van der Waals surface area contributed by atoms with Gasteiger partial charge in [0.05, 0.1) is 24.7 Å². The van der Waals surface area contributed by atoms with Gasteiger partial charge in [0.15, 0.2) is 11.0 Å². The Bertz CT molecular complexity index is 897. The van der Waals surface area contributed by atoms with Gasteiger partial charge in [-0.2, -0.15) is 0 Å². The first-order valence-corrected chi connectivity index (χ1v) is 9.99. The van der Waals surface area contributed by atoms with Crippen molar-refractivity contribution in [2.24, 2.45) is 0 Å². The molecular formula is C19H21ClN4O3S. The lowest BCUT2D eigenvalue weighted by Gasteiger charge is -2.13. The van der Waals surface area contributed by atoms with Crippen molar-refractivity contribution in [2.45, 2.75) is 23.9 Å². The maximum absolute atomic E-state index is 12.3. The zero-order chi connectivity index (χ0) is 19.9. The Morgan fingerprint density at radius 1 is 1.32 bits per heavy atom. The van der Waals surface area contributed by atoms with Crippen LogP contribution in [0.15, 0.2) is 52.2 Å². The van der Waals surface area contributed by atoms with Crippen molar-refractivity contribution in [1.82, 2.24) is 20.1 Å². The van der Waals surface area contributed by atoms with Gasteiger partial charge in [0.1, 0.15) is 5.76 Å². The number of rotatable bonds is 9. The summed E-state index contributed by atoms with van der Waals surface area (Å²) in [5, 5.41) is 12.4. The predicted molar refractivity (Wildman–Crippen MR) is 108 cm³/mol. The number of carbonyl (C=O) groups excluding carboxylic acids is 1. The molecule has 1 N–H and O–H groups in total. The van der Waals surface area contributed by atoms with Gasteiger partial charge in [-0.3, -0.25) is 9.36 Å². The number of amides is 1. The largest absolute Gasteiger partial charge is 0.467 e. The lowest BCUT2D eigenvalue weighted by atomic mass is 10.2. The van der Waals surface area contributed by atoms with Gasteiger partial charge in [-0.15, -0.1) is 10.2 Å². The summed E-state index contributed by atoms with van der Waals surface area (Å²) in [6.07, 6.45) is 1.63. The molecule has 9 heteroatoms. The number of halogens is 1. The van der Waals surface area contributed by atoms with Crippen molar-refractivity contribution in [3.05, 3.63) is 53.4 Å². The molecule has 0 saturated heterocycles. The molecule has 0 radical (unpaired) electrons. The normalized spacial score (nSPS) is 12.1. The quantitative estimate of drug-likeness (QED) is 0.421. The third-order valence-corrected chi connectivity index (χ3v) is 5.30. The lowest BCUT2D eigenvalue weighted by Crippen LogP contribution is -2.33. The van der Waals surface area contributed by atoms with Gasteiger partial charge >= 0.3 is 0 Å². The standard InChI is InChI=1S/C19H21ClN4O3S/c1-13(18(25)21-9-11-26-2)28-19-23-22-17(14-5-7-15(20)8-6-14)24(19)12-16-4-3-10-27-16/h3-8,10,13H,9,11-12H2,1-2H3,(H,21,25)/t13-/m0/s1. The van der Waals surface area contributed by atoms with Gasteiger partial charge in [-0.05, 0) is 43.3 Å². The molecule has 3 aromatic rings. The fourth-order valence-corrected chi connectivity index (χ4v) is 3.52. The Labute approximate surface area is 172 Å². The first-order chi connectivity index (χ1) is 13.6. The molecule has 0 aliphatic rings. The van der Waals surface area contributed by atoms with E-state index >= 15 is 0 Å². The first-order valence-electron chi connectivity index (χ1n) is 8.73. The average molecular weight is 421 g/mol. The molecular weight excluding hydrogens is 400 g/mol. The fraction of sp³-hybridized carbons (Fsp3) is 0.316. The second kappa shape index (κ2) is 9.77. The number of aromatic nitrogens is 3. The SMILES string of the molecule is COCCNC(=O)[C@H](C)Sc1nnc(-c2ccc(Cl)cc2)n1Cc1ccco1. The van der Waals surface area contributed by atoms with E-state index in [-0.39, 0.29) is 11.2 Å². The Morgan fingerprint density at radius 3 is 2.79 bits per heavy atom. The molecule has 0 bridgehead atoms. The van der Waals surface area contributed by atoms with Crippen LogP contribution in [-0.2, 0) is 16.1 Å². The Hall–Kier alpha value is -2.29. The number of hydrogen-bond acceptors (Lipinski definition) is 6. The summed E-state index contributed by atoms with van der Waals surface area (Å²) in [5.74, 6) is 1.37. The van der Waals surface area contributed by atoms with Gasteiger partial charge in [0.25, 0.3) is 0 Å². The summed E-state index contributed by atoms with van der Waals surface area (Å²) in [6.45, 7) is 3.23. The summed E-state index contributed by atoms with van der Waals surface area (Å²) < 4.78 is 12.4. The van der Waals surface area contributed by atoms with Crippen LogP contribution in [0.1, 0.15) is 12.7 Å². The lowest BCUT2D eigenvalue weighted by molar-refractivity contribution is -0.120. The van der Waals surface area contributed by atoms with E-state index in [1.54, 1.807) is 13.4 Å². The number of carbonyl (C=O) groups is 1. The number of methoxy groups -OCH3 is 1. The molecule has 2 heterocycles. The van der Waals surface area contributed by atoms with Gasteiger partial charge < -0.3 is 14.5 Å². The van der Waals surface area contributed by atoms with Gasteiger partial charge in [-0.1, -0.05) is 23.4 Å². The van der Waals surface area contributed by atoms with E-state index in [9.17, 15) is 4.79 Å². The molecule has 0 saturated carbocycles. The van der Waals surface area contributed by atoms with Crippen molar-refractivity contribution < 1.29 is 13.9 Å². The van der Waals surface area contributed by atoms with E-state index in [2.05, 4.69) is 15.5 Å². The summed E-state index contributed by atoms with van der Waals surface area (Å²) in [6, 6.07) is 11.1. The minimum Gasteiger partial charge on any atom is -0.467 e. The number of hydrogen-bond donors (Lipinski definition) is 1. The molecule has 1 atom stereocenters. The topological polar surface area (TPSA) is 82.2 Å². The number of benzene rings is 1. The molecule has 0 fully saturated rings. The second-order valence-electron chi connectivity index (χ2n) is 6.02. The number of ether oxygens (including phenoxy) is 1. The van der Waals surface area contributed by atoms with Gasteiger partial charge in [-0.25, -0.2) is 0 Å². The average Bonchev–Trinajstić information content (AvgIpc) is 3.34. The highest BCUT2D eigenvalue weighted by Gasteiger charge is 2.21. The van der Waals surface area contributed by atoms with Crippen LogP contribution in [0, 0.1) is 0 Å². The van der Waals surface area contributed by atoms with Crippen LogP contribution in [0.3, 0.4) is 0 Å². The molecule has 1 aromatic carbocycles. The molecule has 148 valence electrons. The van der Waals surface area contributed by atoms with Crippen LogP contribution >= 0.6 is 23.4 Å². The Morgan fingerprint density at radius 2 is 2.11 bits per heavy atom. The summed E-state index contributed by atoms with van der Waals surface area (Å²) in [5.41, 5.74) is 0.882.